The van der Waals surface area contributed by atoms with Crippen molar-refractivity contribution in [3.63, 3.8) is 0 Å². The van der Waals surface area contributed by atoms with Gasteiger partial charge in [0, 0.05) is 10.0 Å². The molecule has 16 heavy (non-hydrogen) atoms. The van der Waals surface area contributed by atoms with Gasteiger partial charge in [0.05, 0.1) is 0 Å². The zero-order valence-corrected chi connectivity index (χ0v) is 9.63. The molecule has 0 heterocycles. The molecule has 0 saturated carbocycles. The van der Waals surface area contributed by atoms with Crippen molar-refractivity contribution in [3.8, 4) is 5.75 Å². The van der Waals surface area contributed by atoms with E-state index < -0.39 is 5.97 Å². The first-order valence-electron chi connectivity index (χ1n) is 4.19. The molecular weight excluding hydrogens is 253 g/mol. The number of carbonyl (C=O) groups is 1. The molecule has 0 aromatic heterocycles. The maximum atomic E-state index is 11.2. The topological polar surface area (TPSA) is 90.7 Å². The highest BCUT2D eigenvalue weighted by Crippen LogP contribution is 2.24. The third-order valence-electron chi connectivity index (χ3n) is 1.46. The molecule has 1 aromatic rings. The first-order valence-corrected chi connectivity index (χ1v) is 4.95. The number of guanidine groups is 1. The van der Waals surface area contributed by atoms with Crippen LogP contribution in [-0.4, -0.2) is 18.5 Å². The van der Waals surface area contributed by atoms with Crippen molar-refractivity contribution in [3.05, 3.63) is 28.2 Å². The van der Waals surface area contributed by atoms with Crippen LogP contribution < -0.4 is 16.2 Å². The van der Waals surface area contributed by atoms with Gasteiger partial charge in [-0.2, -0.15) is 0 Å². The Morgan fingerprint density at radius 1 is 1.25 bits per heavy atom. The quantitative estimate of drug-likeness (QED) is 0.370. The van der Waals surface area contributed by atoms with Crippen LogP contribution in [0.2, 0.25) is 10.0 Å². The molecule has 0 radical (unpaired) electrons. The smallest absolute Gasteiger partial charge is 0.333 e. The molecule has 1 rings (SSSR count). The molecule has 86 valence electrons. The Balaban J connectivity index is 2.66. The van der Waals surface area contributed by atoms with Gasteiger partial charge in [-0.15, -0.1) is 0 Å². The Kier molecular flexibility index (Phi) is 4.39. The number of halogens is 2. The summed E-state index contributed by atoms with van der Waals surface area (Å²) in [6.07, 6.45) is 0. The summed E-state index contributed by atoms with van der Waals surface area (Å²) in [6, 6.07) is 4.44. The molecule has 0 unspecified atom stereocenters. The zero-order chi connectivity index (χ0) is 12.1. The van der Waals surface area contributed by atoms with E-state index in [4.69, 9.17) is 39.4 Å². The van der Waals surface area contributed by atoms with Gasteiger partial charge in [0.25, 0.3) is 0 Å². The lowest BCUT2D eigenvalue weighted by molar-refractivity contribution is -0.132. The second kappa shape index (κ2) is 5.58. The zero-order valence-electron chi connectivity index (χ0n) is 8.11. The predicted molar refractivity (Wildman–Crippen MR) is 62.8 cm³/mol. The molecule has 0 saturated heterocycles. The van der Waals surface area contributed by atoms with Crippen molar-refractivity contribution in [1.29, 1.82) is 0 Å². The highest BCUT2D eigenvalue weighted by molar-refractivity contribution is 6.34. The summed E-state index contributed by atoms with van der Waals surface area (Å²) in [5.74, 6) is -0.541. The average molecular weight is 262 g/mol. The van der Waals surface area contributed by atoms with Gasteiger partial charge in [-0.3, -0.25) is 0 Å². The maximum Gasteiger partial charge on any atom is 0.333 e. The molecule has 0 bridgehead atoms. The highest BCUT2D eigenvalue weighted by Gasteiger charge is 2.05. The molecule has 0 spiro atoms. The van der Waals surface area contributed by atoms with Crippen molar-refractivity contribution < 1.29 is 9.53 Å². The van der Waals surface area contributed by atoms with E-state index in [1.807, 2.05) is 0 Å². The number of benzene rings is 1. The maximum absolute atomic E-state index is 11.2. The monoisotopic (exact) mass is 261 g/mol. The van der Waals surface area contributed by atoms with Crippen LogP contribution in [0.4, 0.5) is 0 Å². The molecule has 0 fully saturated rings. The van der Waals surface area contributed by atoms with Gasteiger partial charge >= 0.3 is 5.97 Å². The number of hydrogen-bond acceptors (Lipinski definition) is 3. The number of carbonyl (C=O) groups excluding carboxylic acids is 1. The summed E-state index contributed by atoms with van der Waals surface area (Å²) in [5.41, 5.74) is 10.1. The van der Waals surface area contributed by atoms with E-state index in [9.17, 15) is 4.79 Å². The predicted octanol–water partition coefficient (Wildman–Crippen LogP) is 1.17. The summed E-state index contributed by atoms with van der Waals surface area (Å²) < 4.78 is 4.90. The number of aliphatic imine (C=N–C) groups is 1. The van der Waals surface area contributed by atoms with Crippen LogP contribution >= 0.6 is 23.2 Å². The number of esters is 1. The summed E-state index contributed by atoms with van der Waals surface area (Å²) in [7, 11) is 0. The van der Waals surface area contributed by atoms with E-state index in [0.717, 1.165) is 0 Å². The van der Waals surface area contributed by atoms with E-state index in [-0.39, 0.29) is 18.3 Å². The normalized spacial score (nSPS) is 9.62. The Morgan fingerprint density at radius 3 is 2.31 bits per heavy atom. The van der Waals surface area contributed by atoms with Crippen LogP contribution in [0.3, 0.4) is 0 Å². The van der Waals surface area contributed by atoms with Crippen molar-refractivity contribution in [2.24, 2.45) is 16.5 Å². The second-order valence-electron chi connectivity index (χ2n) is 2.82. The first kappa shape index (κ1) is 12.6. The minimum Gasteiger partial charge on any atom is -0.425 e. The van der Waals surface area contributed by atoms with Crippen LogP contribution in [0.25, 0.3) is 0 Å². The van der Waals surface area contributed by atoms with E-state index >= 15 is 0 Å². The van der Waals surface area contributed by atoms with Gasteiger partial charge in [0.15, 0.2) is 5.96 Å². The van der Waals surface area contributed by atoms with E-state index in [1.54, 1.807) is 0 Å². The van der Waals surface area contributed by atoms with Gasteiger partial charge in [-0.05, 0) is 18.2 Å². The van der Waals surface area contributed by atoms with Gasteiger partial charge in [-0.25, -0.2) is 9.79 Å². The van der Waals surface area contributed by atoms with Crippen molar-refractivity contribution in [2.75, 3.05) is 6.54 Å². The van der Waals surface area contributed by atoms with Crippen LogP contribution in [0, 0.1) is 0 Å². The fraction of sp³-hybridized carbons (Fsp3) is 0.111. The summed E-state index contributed by atoms with van der Waals surface area (Å²) in [6.45, 7) is -0.257. The fourth-order valence-corrected chi connectivity index (χ4v) is 1.41. The molecule has 0 atom stereocenters. The lowest BCUT2D eigenvalue weighted by Gasteiger charge is -2.03. The van der Waals surface area contributed by atoms with Crippen molar-refractivity contribution in [1.82, 2.24) is 0 Å². The third kappa shape index (κ3) is 4.37. The molecule has 7 heteroatoms. The highest BCUT2D eigenvalue weighted by atomic mass is 35.5. The molecule has 0 amide bonds. The Bertz CT molecular complexity index is 411. The molecule has 0 aliphatic carbocycles. The average Bonchev–Trinajstić information content (AvgIpc) is 2.12. The van der Waals surface area contributed by atoms with E-state index in [0.29, 0.717) is 10.0 Å². The SMILES string of the molecule is NC(N)=NCC(=O)Oc1cc(Cl)cc(Cl)c1. The van der Waals surface area contributed by atoms with Crippen molar-refractivity contribution in [2.45, 2.75) is 0 Å². The van der Waals surface area contributed by atoms with E-state index in [1.165, 1.54) is 18.2 Å². The van der Waals surface area contributed by atoms with Crippen LogP contribution in [0.15, 0.2) is 23.2 Å². The van der Waals surface area contributed by atoms with Gasteiger partial charge in [-0.1, -0.05) is 23.2 Å². The molecule has 0 aliphatic heterocycles. The van der Waals surface area contributed by atoms with Gasteiger partial charge in [0.1, 0.15) is 12.3 Å². The standard InChI is InChI=1S/C9H9Cl2N3O2/c10-5-1-6(11)3-7(2-5)16-8(15)4-14-9(12)13/h1-3H,4H2,(H4,12,13,14). The number of nitrogens with zero attached hydrogens (tertiary/aromatic N) is 1. The minimum atomic E-state index is -0.605. The Labute approximate surface area is 102 Å². The van der Waals surface area contributed by atoms with Crippen LogP contribution in [-0.2, 0) is 4.79 Å². The number of nitrogens with two attached hydrogens (primary N) is 2. The van der Waals surface area contributed by atoms with Crippen molar-refractivity contribution >= 4 is 35.1 Å². The number of rotatable bonds is 3. The summed E-state index contributed by atoms with van der Waals surface area (Å²) in [5, 5.41) is 0.745. The van der Waals surface area contributed by atoms with Gasteiger partial charge in [0.2, 0.25) is 0 Å². The Morgan fingerprint density at radius 2 is 1.81 bits per heavy atom. The second-order valence-corrected chi connectivity index (χ2v) is 3.69. The Hall–Kier alpha value is -1.46. The first-order chi connectivity index (χ1) is 7.47. The molecule has 0 aliphatic rings. The minimum absolute atomic E-state index is 0.180. The lowest BCUT2D eigenvalue weighted by atomic mass is 10.3. The van der Waals surface area contributed by atoms with Crippen LogP contribution in [0.1, 0.15) is 0 Å². The third-order valence-corrected chi connectivity index (χ3v) is 1.89. The fourth-order valence-electron chi connectivity index (χ4n) is 0.907. The summed E-state index contributed by atoms with van der Waals surface area (Å²) in [4.78, 5) is 14.7. The number of ether oxygens (including phenoxy) is 1. The molecular formula is C9H9Cl2N3O2. The number of hydrogen-bond donors (Lipinski definition) is 2. The van der Waals surface area contributed by atoms with Crippen LogP contribution in [0.5, 0.6) is 5.75 Å². The molecule has 5 nitrogen and oxygen atoms in total. The largest absolute Gasteiger partial charge is 0.425 e. The summed E-state index contributed by atoms with van der Waals surface area (Å²) >= 11 is 11.4. The molecule has 4 N–H and O–H groups in total. The van der Waals surface area contributed by atoms with Gasteiger partial charge < -0.3 is 16.2 Å². The lowest BCUT2D eigenvalue weighted by Crippen LogP contribution is -2.25. The molecule has 1 aromatic carbocycles. The van der Waals surface area contributed by atoms with E-state index in [2.05, 4.69) is 4.99 Å².